The fourth-order valence-corrected chi connectivity index (χ4v) is 9.20. The molecule has 61 heavy (non-hydrogen) atoms. The van der Waals surface area contributed by atoms with Gasteiger partial charge in [0.1, 0.15) is 36.3 Å². The Morgan fingerprint density at radius 1 is 0.984 bits per heavy atom. The van der Waals surface area contributed by atoms with E-state index in [1.165, 1.54) is 33.1 Å². The summed E-state index contributed by atoms with van der Waals surface area (Å²) >= 11 is 1.13. The Morgan fingerprint density at radius 3 is 2.33 bits per heavy atom. The van der Waals surface area contributed by atoms with Crippen molar-refractivity contribution in [2.24, 2.45) is 5.41 Å². The highest BCUT2D eigenvalue weighted by Gasteiger charge is 2.50. The summed E-state index contributed by atoms with van der Waals surface area (Å²) < 4.78 is 62.3. The van der Waals surface area contributed by atoms with E-state index in [2.05, 4.69) is 53.5 Å². The number of unbranched alkanes of at least 4 members (excludes halogenated alkanes) is 5. The molecule has 3 heterocycles. The molecule has 7 atom stereocenters. The Kier molecular flexibility index (Phi) is 21.0. The number of fused-ring (bicyclic) bond motifs is 1. The molecule has 3 rings (SSSR count). The molecular formula is C33H56N7O17P3S. The maximum Gasteiger partial charge on any atom is 0.481 e. The highest BCUT2D eigenvalue weighted by atomic mass is 32.2. The lowest BCUT2D eigenvalue weighted by atomic mass is 9.87. The van der Waals surface area contributed by atoms with E-state index in [1.54, 1.807) is 0 Å². The van der Waals surface area contributed by atoms with Crippen LogP contribution >= 0.6 is 35.2 Å². The number of carbonyl (C=O) groups is 3. The predicted octanol–water partition coefficient (Wildman–Crippen LogP) is 2.36. The largest absolute Gasteiger partial charge is 0.481 e. The third-order valence-electron chi connectivity index (χ3n) is 8.91. The molecule has 2 amide bonds. The van der Waals surface area contributed by atoms with Crippen LogP contribution in [0.3, 0.4) is 0 Å². The Morgan fingerprint density at radius 2 is 1.66 bits per heavy atom. The van der Waals surface area contributed by atoms with Crippen LogP contribution in [0, 0.1) is 5.41 Å². The van der Waals surface area contributed by atoms with Crippen LogP contribution in [0.1, 0.15) is 84.8 Å². The molecule has 2 unspecified atom stereocenters. The van der Waals surface area contributed by atoms with Gasteiger partial charge >= 0.3 is 23.5 Å². The Balaban J connectivity index is 1.39. The van der Waals surface area contributed by atoms with Crippen LogP contribution in [-0.4, -0.2) is 123 Å². The fraction of sp³-hybridized carbons (Fsp3) is 0.697. The average Bonchev–Trinajstić information content (AvgIpc) is 3.73. The normalized spacial score (nSPS) is 21.0. The van der Waals surface area contributed by atoms with Gasteiger partial charge in [0.05, 0.1) is 19.5 Å². The summed E-state index contributed by atoms with van der Waals surface area (Å²) in [6.45, 7) is 2.71. The van der Waals surface area contributed by atoms with Crippen molar-refractivity contribution < 1.29 is 80.5 Å². The molecule has 2 aromatic rings. The Bertz CT molecular complexity index is 1940. The van der Waals surface area contributed by atoms with Gasteiger partial charge in [0.2, 0.25) is 11.8 Å². The van der Waals surface area contributed by atoms with E-state index in [-0.39, 0.29) is 41.6 Å². The van der Waals surface area contributed by atoms with Crippen LogP contribution in [0.2, 0.25) is 0 Å². The van der Waals surface area contributed by atoms with Gasteiger partial charge in [0.25, 0.3) is 0 Å². The van der Waals surface area contributed by atoms with Crippen molar-refractivity contribution in [1.29, 1.82) is 0 Å². The van der Waals surface area contributed by atoms with E-state index in [0.29, 0.717) is 12.2 Å². The number of hydrogen-bond acceptors (Lipinski definition) is 18. The minimum atomic E-state index is -5.57. The zero-order chi connectivity index (χ0) is 45.4. The summed E-state index contributed by atoms with van der Waals surface area (Å²) in [6, 6.07) is 0. The molecule has 346 valence electrons. The zero-order valence-electron chi connectivity index (χ0n) is 33.9. The van der Waals surface area contributed by atoms with E-state index in [4.69, 9.17) is 19.5 Å². The molecule has 0 aliphatic carbocycles. The van der Waals surface area contributed by atoms with Crippen LogP contribution < -0.4 is 16.4 Å². The van der Waals surface area contributed by atoms with Crippen molar-refractivity contribution in [1.82, 2.24) is 30.2 Å². The smallest absolute Gasteiger partial charge is 0.386 e. The molecule has 1 saturated heterocycles. The minimum absolute atomic E-state index is 0.0321. The van der Waals surface area contributed by atoms with E-state index in [1.807, 2.05) is 0 Å². The summed E-state index contributed by atoms with van der Waals surface area (Å²) in [6.07, 6.45) is 5.22. The number of nitrogens with two attached hydrogens (primary N) is 1. The number of allylic oxidation sites excluding steroid dienone is 2. The lowest BCUT2D eigenvalue weighted by Crippen LogP contribution is -2.46. The second-order valence-corrected chi connectivity index (χ2v) is 19.9. The summed E-state index contributed by atoms with van der Waals surface area (Å²) in [5, 5.41) is 26.5. The lowest BCUT2D eigenvalue weighted by Gasteiger charge is -2.30. The third-order valence-corrected chi connectivity index (χ3v) is 12.9. The van der Waals surface area contributed by atoms with Crippen molar-refractivity contribution in [2.45, 2.75) is 109 Å². The molecule has 1 aliphatic heterocycles. The molecule has 0 bridgehead atoms. The predicted molar refractivity (Wildman–Crippen MR) is 219 cm³/mol. The minimum Gasteiger partial charge on any atom is -0.386 e. The number of nitrogens with one attached hydrogen (secondary N) is 2. The maximum absolute atomic E-state index is 12.7. The number of thioether (sulfide) groups is 1. The second kappa shape index (κ2) is 24.4. The second-order valence-electron chi connectivity index (χ2n) is 14.5. The first-order chi connectivity index (χ1) is 28.6. The number of hydrogen-bond donors (Lipinski definition) is 9. The Labute approximate surface area is 356 Å². The van der Waals surface area contributed by atoms with Crippen molar-refractivity contribution in [2.75, 3.05) is 37.8 Å². The fourth-order valence-electron chi connectivity index (χ4n) is 5.65. The highest BCUT2D eigenvalue weighted by molar-refractivity contribution is 8.13. The van der Waals surface area contributed by atoms with Gasteiger partial charge in [-0.05, 0) is 32.1 Å². The average molecular weight is 948 g/mol. The standard InChI is InChI=1S/C33H56N7O17P3S/c1-4-5-6-7-8-9-10-11-12-13-24(42)61-17-16-35-23(41)14-15-36-31(45)28(44)33(2,3)19-54-60(51,52)57-59(49,50)53-18-22-27(56-58(46,47)48)26(43)32(55-22)40-21-39-25-29(34)37-20-38-30(25)40/h8-9,20-22,26-28,32,43-44H,4-7,10-19H2,1-3H3,(H,35,41)(H,36,45)(H,49,50)(H,51,52)(H2,34,37,38)(H2,46,47,48)/b9-8-/t22-,26-,27-,28+,32-/m1/s1. The number of rotatable bonds is 28. The number of ether oxygens (including phenoxy) is 1. The number of imidazole rings is 1. The summed E-state index contributed by atoms with van der Waals surface area (Å²) in [7, 11) is -16.4. The number of nitrogens with zero attached hydrogens (tertiary/aromatic N) is 4. The molecule has 24 nitrogen and oxygen atoms in total. The molecular weight excluding hydrogens is 891 g/mol. The molecule has 0 radical (unpaired) electrons. The monoisotopic (exact) mass is 947 g/mol. The van der Waals surface area contributed by atoms with Crippen LogP contribution in [0.25, 0.3) is 11.2 Å². The summed E-state index contributed by atoms with van der Waals surface area (Å²) in [4.78, 5) is 88.0. The van der Waals surface area contributed by atoms with Crippen LogP contribution in [0.15, 0.2) is 24.8 Å². The van der Waals surface area contributed by atoms with Gasteiger partial charge < -0.3 is 50.9 Å². The van der Waals surface area contributed by atoms with E-state index >= 15 is 0 Å². The van der Waals surface area contributed by atoms with Crippen molar-refractivity contribution in [3.63, 3.8) is 0 Å². The summed E-state index contributed by atoms with van der Waals surface area (Å²) in [5.74, 6) is -1.05. The molecule has 0 spiro atoms. The molecule has 2 aromatic heterocycles. The molecule has 1 aliphatic rings. The number of phosphoric acid groups is 3. The number of carbonyl (C=O) groups excluding carboxylic acids is 3. The molecule has 10 N–H and O–H groups in total. The van der Waals surface area contributed by atoms with Gasteiger partial charge in [0, 0.05) is 37.1 Å². The summed E-state index contributed by atoms with van der Waals surface area (Å²) in [5.41, 5.74) is 4.28. The van der Waals surface area contributed by atoms with Gasteiger partial charge in [-0.2, -0.15) is 4.31 Å². The van der Waals surface area contributed by atoms with Crippen molar-refractivity contribution >= 4 is 69.1 Å². The van der Waals surface area contributed by atoms with Gasteiger partial charge in [-0.25, -0.2) is 28.6 Å². The number of aromatic nitrogens is 4. The quantitative estimate of drug-likeness (QED) is 0.0336. The lowest BCUT2D eigenvalue weighted by molar-refractivity contribution is -0.137. The van der Waals surface area contributed by atoms with E-state index in [0.717, 1.165) is 54.7 Å². The first-order valence-corrected chi connectivity index (χ1v) is 24.8. The van der Waals surface area contributed by atoms with Gasteiger partial charge in [-0.1, -0.05) is 57.5 Å². The van der Waals surface area contributed by atoms with Crippen LogP contribution in [0.4, 0.5) is 5.82 Å². The first kappa shape index (κ1) is 52.6. The molecule has 0 saturated carbocycles. The first-order valence-electron chi connectivity index (χ1n) is 19.3. The highest BCUT2D eigenvalue weighted by Crippen LogP contribution is 2.61. The molecule has 1 fully saturated rings. The molecule has 28 heteroatoms. The number of anilines is 1. The van der Waals surface area contributed by atoms with Crippen LogP contribution in [-0.2, 0) is 50.7 Å². The topological polar surface area (TPSA) is 364 Å². The number of amides is 2. The number of aliphatic hydroxyl groups excluding tert-OH is 2. The molecule has 0 aromatic carbocycles. The van der Waals surface area contributed by atoms with E-state index < -0.39 is 84.6 Å². The van der Waals surface area contributed by atoms with Gasteiger partial charge in [-0.3, -0.25) is 32.5 Å². The SMILES string of the molecule is CCCCC/C=C\CCCCC(=O)SCCNC(=O)CCNC(=O)[C@H](O)C(C)(C)COP(=O)(O)OP(=O)(O)OC[C@H]1O[C@@H](n2cnc3c(N)ncnc32)[C@H](O)[C@@H]1OP(=O)(O)O. The van der Waals surface area contributed by atoms with Crippen molar-refractivity contribution in [3.8, 4) is 0 Å². The van der Waals surface area contributed by atoms with Gasteiger partial charge in [0.15, 0.2) is 22.8 Å². The maximum atomic E-state index is 12.7. The van der Waals surface area contributed by atoms with Crippen molar-refractivity contribution in [3.05, 3.63) is 24.8 Å². The van der Waals surface area contributed by atoms with Crippen LogP contribution in [0.5, 0.6) is 0 Å². The van der Waals surface area contributed by atoms with Gasteiger partial charge in [-0.15, -0.1) is 0 Å². The number of phosphoric ester groups is 3. The van der Waals surface area contributed by atoms with E-state index in [9.17, 15) is 57.9 Å². The number of aliphatic hydroxyl groups is 2. The zero-order valence-corrected chi connectivity index (χ0v) is 37.4. The Hall–Kier alpha value is -2.70. The third kappa shape index (κ3) is 18.1. The number of nitrogen functional groups attached to an aromatic ring is 1.